The fourth-order valence-corrected chi connectivity index (χ4v) is 7.35. The van der Waals surface area contributed by atoms with Crippen molar-refractivity contribution in [3.05, 3.63) is 53.8 Å². The van der Waals surface area contributed by atoms with E-state index in [1.807, 2.05) is 20.9 Å². The second-order valence-electron chi connectivity index (χ2n) is 13.1. The molecular formula is C35H50FN3O7S. The Morgan fingerprint density at radius 2 is 1.74 bits per heavy atom. The number of anilines is 1. The van der Waals surface area contributed by atoms with Crippen molar-refractivity contribution in [3.8, 4) is 5.75 Å². The van der Waals surface area contributed by atoms with Crippen LogP contribution in [0, 0.1) is 17.7 Å². The highest BCUT2D eigenvalue weighted by molar-refractivity contribution is 7.92. The minimum Gasteiger partial charge on any atom is -0.490 e. The molecule has 1 heterocycles. The SMILES string of the molecule is C[C@@H]1CCCCO[C@@H](CN(C)C(=O)C2CCCCC2)[C@H](C)CN([C@@H](C)CO)C(=O)c2cc(NS(=O)(=O)c3ccc(F)cc3)ccc2O1. The summed E-state index contributed by atoms with van der Waals surface area (Å²) < 4.78 is 54.7. The molecule has 0 aromatic heterocycles. The van der Waals surface area contributed by atoms with E-state index in [1.165, 1.54) is 12.1 Å². The van der Waals surface area contributed by atoms with Gasteiger partial charge in [-0.25, -0.2) is 12.8 Å². The van der Waals surface area contributed by atoms with Gasteiger partial charge in [-0.1, -0.05) is 26.2 Å². The van der Waals surface area contributed by atoms with E-state index >= 15 is 0 Å². The van der Waals surface area contributed by atoms with Gasteiger partial charge in [-0.05, 0) is 88.4 Å². The van der Waals surface area contributed by atoms with Crippen molar-refractivity contribution in [2.24, 2.45) is 11.8 Å². The maximum atomic E-state index is 14.3. The largest absolute Gasteiger partial charge is 0.490 e. The first kappa shape index (κ1) is 36.6. The van der Waals surface area contributed by atoms with Crippen LogP contribution in [0.15, 0.2) is 47.4 Å². The Morgan fingerprint density at radius 1 is 1.06 bits per heavy atom. The maximum absolute atomic E-state index is 14.3. The summed E-state index contributed by atoms with van der Waals surface area (Å²) in [6, 6.07) is 8.40. The lowest BCUT2D eigenvalue weighted by Crippen LogP contribution is -2.48. The molecule has 1 aliphatic heterocycles. The van der Waals surface area contributed by atoms with Gasteiger partial charge in [-0.15, -0.1) is 0 Å². The van der Waals surface area contributed by atoms with Crippen LogP contribution in [0.1, 0.15) is 82.5 Å². The van der Waals surface area contributed by atoms with Gasteiger partial charge in [0.2, 0.25) is 5.91 Å². The molecule has 0 unspecified atom stereocenters. The van der Waals surface area contributed by atoms with Crippen LogP contribution in [0.2, 0.25) is 0 Å². The van der Waals surface area contributed by atoms with Crippen molar-refractivity contribution in [2.45, 2.75) is 95.3 Å². The van der Waals surface area contributed by atoms with Crippen LogP contribution in [-0.2, 0) is 19.6 Å². The fourth-order valence-electron chi connectivity index (χ4n) is 6.30. The summed E-state index contributed by atoms with van der Waals surface area (Å²) >= 11 is 0. The number of nitrogens with one attached hydrogen (secondary N) is 1. The number of likely N-dealkylation sites (N-methyl/N-ethyl adjacent to an activating group) is 1. The van der Waals surface area contributed by atoms with Gasteiger partial charge in [0.1, 0.15) is 11.6 Å². The molecule has 12 heteroatoms. The van der Waals surface area contributed by atoms with E-state index in [2.05, 4.69) is 4.72 Å². The number of rotatable bonds is 8. The Morgan fingerprint density at radius 3 is 2.43 bits per heavy atom. The monoisotopic (exact) mass is 675 g/mol. The Labute approximate surface area is 278 Å². The molecule has 0 radical (unpaired) electrons. The first-order valence-corrected chi connectivity index (χ1v) is 18.3. The normalized spacial score (nSPS) is 22.8. The van der Waals surface area contributed by atoms with Crippen molar-refractivity contribution in [1.82, 2.24) is 9.80 Å². The number of aliphatic hydroxyl groups excluding tert-OH is 1. The molecule has 2 aliphatic rings. The number of carbonyl (C=O) groups is 2. The summed E-state index contributed by atoms with van der Waals surface area (Å²) in [7, 11) is -2.26. The smallest absolute Gasteiger partial charge is 0.261 e. The van der Waals surface area contributed by atoms with Crippen LogP contribution >= 0.6 is 0 Å². The second kappa shape index (κ2) is 16.7. The summed E-state index contributed by atoms with van der Waals surface area (Å²) in [6.45, 7) is 6.45. The highest BCUT2D eigenvalue weighted by Gasteiger charge is 2.32. The van der Waals surface area contributed by atoms with Crippen LogP contribution < -0.4 is 9.46 Å². The van der Waals surface area contributed by atoms with Gasteiger partial charge in [-0.2, -0.15) is 0 Å². The zero-order valence-electron chi connectivity index (χ0n) is 28.0. The van der Waals surface area contributed by atoms with E-state index in [1.54, 1.807) is 22.8 Å². The first-order chi connectivity index (χ1) is 22.4. The number of sulfonamides is 1. The quantitative estimate of drug-likeness (QED) is 0.381. The number of hydrogen-bond acceptors (Lipinski definition) is 7. The number of benzene rings is 2. The van der Waals surface area contributed by atoms with Crippen molar-refractivity contribution in [3.63, 3.8) is 0 Å². The molecule has 2 aromatic carbocycles. The van der Waals surface area contributed by atoms with E-state index in [0.29, 0.717) is 25.3 Å². The number of amides is 2. The van der Waals surface area contributed by atoms with Crippen molar-refractivity contribution >= 4 is 27.5 Å². The van der Waals surface area contributed by atoms with Gasteiger partial charge in [-0.3, -0.25) is 14.3 Å². The first-order valence-electron chi connectivity index (χ1n) is 16.8. The van der Waals surface area contributed by atoms with Gasteiger partial charge in [0.25, 0.3) is 15.9 Å². The zero-order chi connectivity index (χ0) is 34.1. The average molecular weight is 676 g/mol. The standard InChI is InChI=1S/C35H50FN3O7S/c1-24-21-39(25(2)23-40)35(42)31-20-29(37-47(43,44)30-16-13-28(36)14-17-30)15-18-32(31)46-26(3)10-8-9-19-45-33(24)22-38(4)34(41)27-11-6-5-7-12-27/h13-18,20,24-27,33,37,40H,5-12,19,21-23H2,1-4H3/t24-,25+,26-,33+/m1/s1. The minimum atomic E-state index is -4.08. The van der Waals surface area contributed by atoms with Gasteiger partial charge < -0.3 is 24.4 Å². The minimum absolute atomic E-state index is 0.0303. The van der Waals surface area contributed by atoms with E-state index in [-0.39, 0.29) is 59.2 Å². The van der Waals surface area contributed by atoms with Crippen molar-refractivity contribution in [2.75, 3.05) is 38.1 Å². The number of halogens is 1. The molecule has 47 heavy (non-hydrogen) atoms. The number of nitrogens with zero attached hydrogens (tertiary/aromatic N) is 2. The predicted molar refractivity (Wildman–Crippen MR) is 178 cm³/mol. The molecule has 1 fully saturated rings. The topological polar surface area (TPSA) is 125 Å². The molecule has 0 saturated heterocycles. The summed E-state index contributed by atoms with van der Waals surface area (Å²) in [6.07, 6.45) is 6.83. The Hall–Kier alpha value is -3.22. The molecule has 1 aliphatic carbocycles. The number of aliphatic hydroxyl groups is 1. The van der Waals surface area contributed by atoms with Gasteiger partial charge >= 0.3 is 0 Å². The van der Waals surface area contributed by atoms with Crippen LogP contribution in [0.25, 0.3) is 0 Å². The van der Waals surface area contributed by atoms with Crippen molar-refractivity contribution < 1.29 is 37.0 Å². The van der Waals surface area contributed by atoms with E-state index < -0.39 is 27.8 Å². The lowest BCUT2D eigenvalue weighted by Gasteiger charge is -2.36. The third-order valence-electron chi connectivity index (χ3n) is 9.21. The number of fused-ring (bicyclic) bond motifs is 1. The summed E-state index contributed by atoms with van der Waals surface area (Å²) in [5, 5.41) is 10.2. The highest BCUT2D eigenvalue weighted by Crippen LogP contribution is 2.30. The van der Waals surface area contributed by atoms with Gasteiger partial charge in [0.05, 0.1) is 35.3 Å². The number of ether oxygens (including phenoxy) is 2. The molecule has 0 bridgehead atoms. The molecule has 2 aromatic rings. The van der Waals surface area contributed by atoms with Gasteiger partial charge in [0.15, 0.2) is 0 Å². The lowest BCUT2D eigenvalue weighted by molar-refractivity contribution is -0.137. The molecule has 10 nitrogen and oxygen atoms in total. The van der Waals surface area contributed by atoms with E-state index in [0.717, 1.165) is 69.2 Å². The summed E-state index contributed by atoms with van der Waals surface area (Å²) in [5.41, 5.74) is 0.273. The molecule has 4 rings (SSSR count). The molecule has 0 spiro atoms. The third kappa shape index (κ3) is 9.90. The lowest BCUT2D eigenvalue weighted by atomic mass is 9.88. The molecule has 2 N–H and O–H groups in total. The summed E-state index contributed by atoms with van der Waals surface area (Å²) in [4.78, 5) is 30.9. The molecular weight excluding hydrogens is 625 g/mol. The molecule has 260 valence electrons. The number of hydrogen-bond donors (Lipinski definition) is 2. The molecule has 4 atom stereocenters. The van der Waals surface area contributed by atoms with Crippen LogP contribution in [0.5, 0.6) is 5.75 Å². The summed E-state index contributed by atoms with van der Waals surface area (Å²) in [5.74, 6) is -0.742. The Kier molecular flexibility index (Phi) is 13.0. The number of carbonyl (C=O) groups excluding carboxylic acids is 2. The fraction of sp³-hybridized carbons (Fsp3) is 0.600. The molecule has 2 amide bonds. The van der Waals surface area contributed by atoms with E-state index in [4.69, 9.17) is 9.47 Å². The highest BCUT2D eigenvalue weighted by atomic mass is 32.2. The van der Waals surface area contributed by atoms with Crippen LogP contribution in [-0.4, -0.2) is 86.7 Å². The predicted octanol–water partition coefficient (Wildman–Crippen LogP) is 5.46. The maximum Gasteiger partial charge on any atom is 0.261 e. The Balaban J connectivity index is 1.64. The van der Waals surface area contributed by atoms with Crippen LogP contribution in [0.3, 0.4) is 0 Å². The van der Waals surface area contributed by atoms with Gasteiger partial charge in [0, 0.05) is 44.3 Å². The average Bonchev–Trinajstić information content (AvgIpc) is 3.06. The van der Waals surface area contributed by atoms with Crippen molar-refractivity contribution in [1.29, 1.82) is 0 Å². The van der Waals surface area contributed by atoms with E-state index in [9.17, 15) is 27.5 Å². The third-order valence-corrected chi connectivity index (χ3v) is 10.6. The Bertz CT molecular complexity index is 1450. The molecule has 1 saturated carbocycles. The van der Waals surface area contributed by atoms with Crippen LogP contribution in [0.4, 0.5) is 10.1 Å². The zero-order valence-corrected chi connectivity index (χ0v) is 28.8. The second-order valence-corrected chi connectivity index (χ2v) is 14.8.